The van der Waals surface area contributed by atoms with E-state index in [2.05, 4.69) is 10.3 Å². The van der Waals surface area contributed by atoms with E-state index in [1.165, 1.54) is 6.07 Å². The number of anilines is 1. The number of nitrogens with one attached hydrogen (secondary N) is 1. The number of hydrogen-bond acceptors (Lipinski definition) is 4. The van der Waals surface area contributed by atoms with Crippen LogP contribution in [0.25, 0.3) is 22.6 Å². The Kier molecular flexibility index (Phi) is 4.94. The molecule has 0 saturated heterocycles. The van der Waals surface area contributed by atoms with Crippen LogP contribution >= 0.6 is 23.2 Å². The maximum Gasteiger partial charge on any atom is 0.257 e. The number of aromatic nitrogens is 1. The molecule has 5 nitrogen and oxygen atoms in total. The average Bonchev–Trinajstić information content (AvgIpc) is 3.11. The van der Waals surface area contributed by atoms with Crippen LogP contribution in [0.1, 0.15) is 10.4 Å². The number of methoxy groups -OCH3 is 1. The first-order valence-electron chi connectivity index (χ1n) is 8.35. The second kappa shape index (κ2) is 7.54. The van der Waals surface area contributed by atoms with Gasteiger partial charge in [0.25, 0.3) is 5.91 Å². The van der Waals surface area contributed by atoms with Gasteiger partial charge in [-0.05, 0) is 48.5 Å². The zero-order valence-corrected chi connectivity index (χ0v) is 16.2. The molecule has 1 aromatic heterocycles. The van der Waals surface area contributed by atoms with E-state index in [1.807, 2.05) is 18.2 Å². The Morgan fingerprint density at radius 2 is 1.93 bits per heavy atom. The lowest BCUT2D eigenvalue weighted by molar-refractivity contribution is 0.102. The molecule has 0 radical (unpaired) electrons. The van der Waals surface area contributed by atoms with Gasteiger partial charge in [0.2, 0.25) is 5.89 Å². The molecule has 1 heterocycles. The highest BCUT2D eigenvalue weighted by atomic mass is 35.5. The number of carbonyl (C=O) groups excluding carboxylic acids is 1. The molecule has 0 atom stereocenters. The predicted molar refractivity (Wildman–Crippen MR) is 110 cm³/mol. The summed E-state index contributed by atoms with van der Waals surface area (Å²) in [6.45, 7) is 0. The first-order chi connectivity index (χ1) is 13.5. The van der Waals surface area contributed by atoms with Crippen LogP contribution in [-0.2, 0) is 0 Å². The third-order valence-electron chi connectivity index (χ3n) is 4.14. The first-order valence-corrected chi connectivity index (χ1v) is 9.10. The normalized spacial score (nSPS) is 10.8. The summed E-state index contributed by atoms with van der Waals surface area (Å²) >= 11 is 12.0. The Bertz CT molecular complexity index is 1190. The molecule has 3 aromatic carbocycles. The fourth-order valence-corrected chi connectivity index (χ4v) is 3.25. The van der Waals surface area contributed by atoms with Crippen molar-refractivity contribution >= 4 is 45.9 Å². The fraction of sp³-hybridized carbons (Fsp3) is 0.0476. The highest BCUT2D eigenvalue weighted by Gasteiger charge is 2.13. The van der Waals surface area contributed by atoms with Gasteiger partial charge >= 0.3 is 0 Å². The van der Waals surface area contributed by atoms with Crippen LogP contribution in [0.15, 0.2) is 65.1 Å². The largest absolute Gasteiger partial charge is 0.497 e. The number of carbonyl (C=O) groups is 1. The molecule has 0 aliphatic carbocycles. The summed E-state index contributed by atoms with van der Waals surface area (Å²) < 4.78 is 11.0. The number of amides is 1. The fourth-order valence-electron chi connectivity index (χ4n) is 2.76. The maximum absolute atomic E-state index is 12.5. The van der Waals surface area contributed by atoms with Crippen molar-refractivity contribution in [2.24, 2.45) is 0 Å². The van der Waals surface area contributed by atoms with Crippen molar-refractivity contribution in [1.82, 2.24) is 4.98 Å². The van der Waals surface area contributed by atoms with Gasteiger partial charge in [0.15, 0.2) is 5.58 Å². The molecule has 0 bridgehead atoms. The smallest absolute Gasteiger partial charge is 0.257 e. The zero-order valence-electron chi connectivity index (χ0n) is 14.7. The number of ether oxygens (including phenoxy) is 1. The van der Waals surface area contributed by atoms with E-state index in [-0.39, 0.29) is 10.9 Å². The quantitative estimate of drug-likeness (QED) is 0.442. The molecule has 1 N–H and O–H groups in total. The molecule has 7 heteroatoms. The van der Waals surface area contributed by atoms with E-state index in [9.17, 15) is 4.79 Å². The van der Waals surface area contributed by atoms with Crippen LogP contribution in [-0.4, -0.2) is 18.0 Å². The van der Waals surface area contributed by atoms with Crippen molar-refractivity contribution in [1.29, 1.82) is 0 Å². The second-order valence-corrected chi connectivity index (χ2v) is 6.86. The van der Waals surface area contributed by atoms with Crippen LogP contribution < -0.4 is 10.1 Å². The Balaban J connectivity index is 1.61. The molecule has 0 aliphatic rings. The van der Waals surface area contributed by atoms with Crippen LogP contribution in [0, 0.1) is 0 Å². The number of oxazole rings is 1. The van der Waals surface area contributed by atoms with E-state index >= 15 is 0 Å². The molecule has 0 spiro atoms. The van der Waals surface area contributed by atoms with Gasteiger partial charge < -0.3 is 14.5 Å². The van der Waals surface area contributed by atoms with Gasteiger partial charge in [-0.2, -0.15) is 0 Å². The molecular formula is C21H14Cl2N2O3. The number of rotatable bonds is 4. The Morgan fingerprint density at radius 3 is 2.71 bits per heavy atom. The predicted octanol–water partition coefficient (Wildman–Crippen LogP) is 6.06. The molecule has 0 unspecified atom stereocenters. The number of fused-ring (bicyclic) bond motifs is 1. The van der Waals surface area contributed by atoms with E-state index < -0.39 is 0 Å². The Labute approximate surface area is 170 Å². The molecule has 0 aliphatic heterocycles. The number of halogens is 2. The van der Waals surface area contributed by atoms with Gasteiger partial charge in [-0.25, -0.2) is 4.98 Å². The van der Waals surface area contributed by atoms with Crippen LogP contribution in [0.5, 0.6) is 5.75 Å². The summed E-state index contributed by atoms with van der Waals surface area (Å²) in [5.74, 6) is 0.818. The minimum absolute atomic E-state index is 0.286. The summed E-state index contributed by atoms with van der Waals surface area (Å²) in [4.78, 5) is 17.0. The molecule has 140 valence electrons. The third kappa shape index (κ3) is 3.67. The monoisotopic (exact) mass is 412 g/mol. The molecular weight excluding hydrogens is 399 g/mol. The number of hydrogen-bond donors (Lipinski definition) is 1. The van der Waals surface area contributed by atoms with Crippen LogP contribution in [0.2, 0.25) is 10.0 Å². The standard InChI is InChI=1S/C21H14Cl2N2O3/c1-27-15-6-8-19-18(11-15)25-21(28-19)12-3-2-4-14(9-12)24-20(26)16-7-5-13(22)10-17(16)23/h2-11H,1H3,(H,24,26). The topological polar surface area (TPSA) is 64.4 Å². The lowest BCUT2D eigenvalue weighted by Crippen LogP contribution is -2.12. The first kappa shape index (κ1) is 18.3. The summed E-state index contributed by atoms with van der Waals surface area (Å²) in [6, 6.07) is 17.4. The summed E-state index contributed by atoms with van der Waals surface area (Å²) in [7, 11) is 1.60. The molecule has 0 fully saturated rings. The van der Waals surface area contributed by atoms with Crippen molar-refractivity contribution < 1.29 is 13.9 Å². The minimum atomic E-state index is -0.332. The summed E-state index contributed by atoms with van der Waals surface area (Å²) in [5.41, 5.74) is 3.00. The van der Waals surface area contributed by atoms with E-state index in [4.69, 9.17) is 32.4 Å². The SMILES string of the molecule is COc1ccc2oc(-c3cccc(NC(=O)c4ccc(Cl)cc4Cl)c3)nc2c1. The molecule has 1 amide bonds. The molecule has 0 saturated carbocycles. The van der Waals surface area contributed by atoms with Crippen molar-refractivity contribution in [2.75, 3.05) is 12.4 Å². The molecule has 28 heavy (non-hydrogen) atoms. The van der Waals surface area contributed by atoms with Crippen molar-refractivity contribution in [3.05, 3.63) is 76.3 Å². The van der Waals surface area contributed by atoms with Crippen molar-refractivity contribution in [2.45, 2.75) is 0 Å². The van der Waals surface area contributed by atoms with Gasteiger partial charge in [-0.3, -0.25) is 4.79 Å². The van der Waals surface area contributed by atoms with Crippen molar-refractivity contribution in [3.63, 3.8) is 0 Å². The summed E-state index contributed by atoms with van der Waals surface area (Å²) in [5, 5.41) is 3.58. The maximum atomic E-state index is 12.5. The Hall–Kier alpha value is -3.02. The lowest BCUT2D eigenvalue weighted by Gasteiger charge is -2.08. The highest BCUT2D eigenvalue weighted by Crippen LogP contribution is 2.29. The van der Waals surface area contributed by atoms with Gasteiger partial charge in [-0.1, -0.05) is 29.3 Å². The van der Waals surface area contributed by atoms with Crippen LogP contribution in [0.4, 0.5) is 5.69 Å². The number of nitrogens with zero attached hydrogens (tertiary/aromatic N) is 1. The third-order valence-corrected chi connectivity index (χ3v) is 4.69. The highest BCUT2D eigenvalue weighted by molar-refractivity contribution is 6.37. The number of benzene rings is 3. The van der Waals surface area contributed by atoms with Crippen molar-refractivity contribution in [3.8, 4) is 17.2 Å². The van der Waals surface area contributed by atoms with E-state index in [1.54, 1.807) is 43.5 Å². The second-order valence-electron chi connectivity index (χ2n) is 6.01. The zero-order chi connectivity index (χ0) is 19.7. The minimum Gasteiger partial charge on any atom is -0.497 e. The van der Waals surface area contributed by atoms with E-state index in [0.29, 0.717) is 39.0 Å². The van der Waals surface area contributed by atoms with Gasteiger partial charge in [0.05, 0.1) is 17.7 Å². The lowest BCUT2D eigenvalue weighted by atomic mass is 10.1. The average molecular weight is 413 g/mol. The Morgan fingerprint density at radius 1 is 1.07 bits per heavy atom. The summed E-state index contributed by atoms with van der Waals surface area (Å²) in [6.07, 6.45) is 0. The van der Waals surface area contributed by atoms with Gasteiger partial charge in [-0.15, -0.1) is 0 Å². The molecule has 4 rings (SSSR count). The molecule has 4 aromatic rings. The van der Waals surface area contributed by atoms with E-state index in [0.717, 1.165) is 5.56 Å². The van der Waals surface area contributed by atoms with Gasteiger partial charge in [0, 0.05) is 22.3 Å². The van der Waals surface area contributed by atoms with Crippen LogP contribution in [0.3, 0.4) is 0 Å². The van der Waals surface area contributed by atoms with Gasteiger partial charge in [0.1, 0.15) is 11.3 Å².